The summed E-state index contributed by atoms with van der Waals surface area (Å²) in [6, 6.07) is 6.83. The minimum atomic E-state index is -0.342. The maximum atomic E-state index is 10.9. The normalized spacial score (nSPS) is 24.6. The Labute approximate surface area is 93.4 Å². The standard InChI is InChI=1S/C11H14N2O3/c12-6-9-5-8(7-16-9)10-3-1-2-4-11(10)13(14)15/h1-4,8-9H,5-7,12H2. The van der Waals surface area contributed by atoms with E-state index in [0.29, 0.717) is 13.2 Å². The minimum Gasteiger partial charge on any atom is -0.376 e. The molecule has 0 amide bonds. The zero-order valence-corrected chi connectivity index (χ0v) is 8.83. The third kappa shape index (κ3) is 2.05. The first-order valence-corrected chi connectivity index (χ1v) is 5.27. The Kier molecular flexibility index (Phi) is 3.17. The molecule has 2 rings (SSSR count). The van der Waals surface area contributed by atoms with Crippen LogP contribution in [0.4, 0.5) is 5.69 Å². The zero-order chi connectivity index (χ0) is 11.5. The van der Waals surface area contributed by atoms with Crippen molar-refractivity contribution in [2.75, 3.05) is 13.2 Å². The molecule has 86 valence electrons. The molecule has 0 radical (unpaired) electrons. The molecule has 0 aromatic heterocycles. The van der Waals surface area contributed by atoms with Crippen LogP contribution in [0.1, 0.15) is 17.9 Å². The number of nitro groups is 1. The second-order valence-corrected chi connectivity index (χ2v) is 3.94. The summed E-state index contributed by atoms with van der Waals surface area (Å²) in [4.78, 5) is 10.5. The molecular formula is C11H14N2O3. The predicted molar refractivity (Wildman–Crippen MR) is 59.2 cm³/mol. The molecule has 0 bridgehead atoms. The lowest BCUT2D eigenvalue weighted by atomic mass is 9.95. The Bertz CT molecular complexity index is 395. The molecule has 5 heteroatoms. The average molecular weight is 222 g/mol. The Morgan fingerprint density at radius 2 is 2.25 bits per heavy atom. The topological polar surface area (TPSA) is 78.4 Å². The molecule has 2 N–H and O–H groups in total. The van der Waals surface area contributed by atoms with Crippen LogP contribution in [-0.2, 0) is 4.74 Å². The van der Waals surface area contributed by atoms with Crippen LogP contribution in [0.15, 0.2) is 24.3 Å². The van der Waals surface area contributed by atoms with Gasteiger partial charge in [-0.05, 0) is 6.42 Å². The number of para-hydroxylation sites is 1. The van der Waals surface area contributed by atoms with Gasteiger partial charge >= 0.3 is 0 Å². The molecule has 1 aromatic carbocycles. The fourth-order valence-electron chi connectivity index (χ4n) is 2.09. The van der Waals surface area contributed by atoms with Gasteiger partial charge in [0.05, 0.1) is 17.6 Å². The van der Waals surface area contributed by atoms with Crippen LogP contribution in [0, 0.1) is 10.1 Å². The maximum Gasteiger partial charge on any atom is 0.272 e. The van der Waals surface area contributed by atoms with E-state index in [2.05, 4.69) is 0 Å². The van der Waals surface area contributed by atoms with Crippen LogP contribution in [0.3, 0.4) is 0 Å². The van der Waals surface area contributed by atoms with Crippen LogP contribution in [0.25, 0.3) is 0 Å². The van der Waals surface area contributed by atoms with Crippen molar-refractivity contribution in [2.24, 2.45) is 5.73 Å². The van der Waals surface area contributed by atoms with Gasteiger partial charge in [0.15, 0.2) is 0 Å². The zero-order valence-electron chi connectivity index (χ0n) is 8.83. The van der Waals surface area contributed by atoms with Crippen molar-refractivity contribution in [2.45, 2.75) is 18.4 Å². The van der Waals surface area contributed by atoms with Gasteiger partial charge in [0, 0.05) is 24.1 Å². The number of hydrogen-bond acceptors (Lipinski definition) is 4. The number of nitro benzene ring substituents is 1. The van der Waals surface area contributed by atoms with Gasteiger partial charge < -0.3 is 10.5 Å². The summed E-state index contributed by atoms with van der Waals surface area (Å²) in [5.74, 6) is 0.0927. The molecule has 5 nitrogen and oxygen atoms in total. The van der Waals surface area contributed by atoms with Gasteiger partial charge in [-0.15, -0.1) is 0 Å². The smallest absolute Gasteiger partial charge is 0.272 e. The third-order valence-corrected chi connectivity index (χ3v) is 2.92. The summed E-state index contributed by atoms with van der Waals surface area (Å²) in [7, 11) is 0. The second kappa shape index (κ2) is 4.59. The van der Waals surface area contributed by atoms with Gasteiger partial charge in [-0.1, -0.05) is 18.2 Å². The molecular weight excluding hydrogens is 208 g/mol. The molecule has 1 aromatic rings. The van der Waals surface area contributed by atoms with Crippen molar-refractivity contribution < 1.29 is 9.66 Å². The number of benzene rings is 1. The highest BCUT2D eigenvalue weighted by Gasteiger charge is 2.30. The molecule has 1 aliphatic rings. The summed E-state index contributed by atoms with van der Waals surface area (Å²) in [6.45, 7) is 0.990. The number of nitrogens with two attached hydrogens (primary N) is 1. The Morgan fingerprint density at radius 3 is 2.88 bits per heavy atom. The third-order valence-electron chi connectivity index (χ3n) is 2.92. The van der Waals surface area contributed by atoms with E-state index in [1.54, 1.807) is 12.1 Å². The SMILES string of the molecule is NCC1CC(c2ccccc2[N+](=O)[O-])CO1. The van der Waals surface area contributed by atoms with Crippen LogP contribution >= 0.6 is 0 Å². The van der Waals surface area contributed by atoms with Crippen molar-refractivity contribution >= 4 is 5.69 Å². The molecule has 2 atom stereocenters. The van der Waals surface area contributed by atoms with E-state index in [4.69, 9.17) is 10.5 Å². The summed E-state index contributed by atoms with van der Waals surface area (Å²) < 4.78 is 5.46. The molecule has 1 aliphatic heterocycles. The Hall–Kier alpha value is -1.46. The van der Waals surface area contributed by atoms with E-state index >= 15 is 0 Å². The summed E-state index contributed by atoms with van der Waals surface area (Å²) in [5.41, 5.74) is 6.44. The molecule has 1 fully saturated rings. The monoisotopic (exact) mass is 222 g/mol. The molecule has 2 unspecified atom stereocenters. The first-order valence-electron chi connectivity index (χ1n) is 5.27. The number of nitrogens with zero attached hydrogens (tertiary/aromatic N) is 1. The predicted octanol–water partition coefficient (Wildman–Crippen LogP) is 1.43. The summed E-state index contributed by atoms with van der Waals surface area (Å²) >= 11 is 0. The Morgan fingerprint density at radius 1 is 1.50 bits per heavy atom. The van der Waals surface area contributed by atoms with Crippen molar-refractivity contribution in [1.29, 1.82) is 0 Å². The molecule has 0 spiro atoms. The fraction of sp³-hybridized carbons (Fsp3) is 0.455. The van der Waals surface area contributed by atoms with E-state index in [1.165, 1.54) is 6.07 Å². The van der Waals surface area contributed by atoms with Gasteiger partial charge in [0.1, 0.15) is 0 Å². The first kappa shape index (κ1) is 11.0. The van der Waals surface area contributed by atoms with Crippen LogP contribution in [0.2, 0.25) is 0 Å². The lowest BCUT2D eigenvalue weighted by Crippen LogP contribution is -2.18. The number of rotatable bonds is 3. The van der Waals surface area contributed by atoms with Crippen molar-refractivity contribution in [3.8, 4) is 0 Å². The lowest BCUT2D eigenvalue weighted by Gasteiger charge is -2.08. The van der Waals surface area contributed by atoms with E-state index in [9.17, 15) is 10.1 Å². The highest BCUT2D eigenvalue weighted by Crippen LogP contribution is 2.34. The van der Waals surface area contributed by atoms with Crippen molar-refractivity contribution in [3.05, 3.63) is 39.9 Å². The molecule has 0 saturated carbocycles. The van der Waals surface area contributed by atoms with Gasteiger partial charge in [-0.25, -0.2) is 0 Å². The van der Waals surface area contributed by atoms with Crippen LogP contribution in [0.5, 0.6) is 0 Å². The average Bonchev–Trinajstić information content (AvgIpc) is 2.77. The van der Waals surface area contributed by atoms with Crippen LogP contribution in [-0.4, -0.2) is 24.2 Å². The fourth-order valence-corrected chi connectivity index (χ4v) is 2.09. The van der Waals surface area contributed by atoms with Gasteiger partial charge in [-0.3, -0.25) is 10.1 Å². The summed E-state index contributed by atoms with van der Waals surface area (Å²) in [5, 5.41) is 10.9. The molecule has 0 aliphatic carbocycles. The highest BCUT2D eigenvalue weighted by atomic mass is 16.6. The lowest BCUT2D eigenvalue weighted by molar-refractivity contribution is -0.385. The summed E-state index contributed by atoms with van der Waals surface area (Å²) in [6.07, 6.45) is 0.797. The molecule has 1 heterocycles. The van der Waals surface area contributed by atoms with E-state index < -0.39 is 0 Å². The molecule has 16 heavy (non-hydrogen) atoms. The maximum absolute atomic E-state index is 10.9. The van der Waals surface area contributed by atoms with Gasteiger partial charge in [-0.2, -0.15) is 0 Å². The van der Waals surface area contributed by atoms with Crippen molar-refractivity contribution in [3.63, 3.8) is 0 Å². The first-order chi connectivity index (χ1) is 7.72. The van der Waals surface area contributed by atoms with E-state index in [0.717, 1.165) is 12.0 Å². The number of hydrogen-bond donors (Lipinski definition) is 1. The highest BCUT2D eigenvalue weighted by molar-refractivity contribution is 5.42. The van der Waals surface area contributed by atoms with Gasteiger partial charge in [0.25, 0.3) is 5.69 Å². The minimum absolute atomic E-state index is 0.0322. The van der Waals surface area contributed by atoms with E-state index in [1.807, 2.05) is 6.07 Å². The van der Waals surface area contributed by atoms with Crippen LogP contribution < -0.4 is 5.73 Å². The number of ether oxygens (including phenoxy) is 1. The quantitative estimate of drug-likeness (QED) is 0.619. The van der Waals surface area contributed by atoms with Gasteiger partial charge in [0.2, 0.25) is 0 Å². The largest absolute Gasteiger partial charge is 0.376 e. The Balaban J connectivity index is 2.24. The second-order valence-electron chi connectivity index (χ2n) is 3.94. The molecule has 1 saturated heterocycles. The van der Waals surface area contributed by atoms with E-state index in [-0.39, 0.29) is 22.6 Å². The van der Waals surface area contributed by atoms with Crippen molar-refractivity contribution in [1.82, 2.24) is 0 Å².